The van der Waals surface area contributed by atoms with Crippen LogP contribution in [0.4, 0.5) is 0 Å². The van der Waals surface area contributed by atoms with E-state index in [1.54, 1.807) is 0 Å². The number of terminal acetylenes is 1. The molecule has 2 aliphatic carbocycles. The van der Waals surface area contributed by atoms with E-state index < -0.39 is 5.60 Å². The van der Waals surface area contributed by atoms with E-state index in [-0.39, 0.29) is 10.8 Å². The SMILES string of the molecule is C#C[C@@]1(O)CCC(c2ccccc2)(c2ccccc2)CC12CCCC2. The van der Waals surface area contributed by atoms with Gasteiger partial charge in [0.1, 0.15) is 5.60 Å². The maximum absolute atomic E-state index is 11.3. The van der Waals surface area contributed by atoms with Gasteiger partial charge in [-0.2, -0.15) is 0 Å². The summed E-state index contributed by atoms with van der Waals surface area (Å²) in [4.78, 5) is 0. The molecule has 0 aliphatic heterocycles. The van der Waals surface area contributed by atoms with E-state index in [2.05, 4.69) is 66.6 Å². The highest BCUT2D eigenvalue weighted by Gasteiger charge is 2.59. The number of rotatable bonds is 2. The molecule has 1 spiro atoms. The summed E-state index contributed by atoms with van der Waals surface area (Å²) in [6.07, 6.45) is 12.8. The van der Waals surface area contributed by atoms with Crippen molar-refractivity contribution in [3.8, 4) is 12.3 Å². The summed E-state index contributed by atoms with van der Waals surface area (Å²) in [6.45, 7) is 0. The van der Waals surface area contributed by atoms with E-state index in [1.165, 1.54) is 24.0 Å². The Kier molecular flexibility index (Phi) is 3.97. The Morgan fingerprint density at radius 2 is 1.28 bits per heavy atom. The lowest BCUT2D eigenvalue weighted by Gasteiger charge is -2.54. The molecule has 0 amide bonds. The van der Waals surface area contributed by atoms with Crippen molar-refractivity contribution in [2.45, 2.75) is 56.0 Å². The van der Waals surface area contributed by atoms with Crippen molar-refractivity contribution in [2.75, 3.05) is 0 Å². The minimum absolute atomic E-state index is 0.0596. The second kappa shape index (κ2) is 6.04. The first-order valence-corrected chi connectivity index (χ1v) is 9.45. The van der Waals surface area contributed by atoms with E-state index in [0.717, 1.165) is 25.7 Å². The van der Waals surface area contributed by atoms with E-state index in [1.807, 2.05) is 0 Å². The predicted molar refractivity (Wildman–Crippen MR) is 102 cm³/mol. The van der Waals surface area contributed by atoms with E-state index in [9.17, 15) is 5.11 Å². The van der Waals surface area contributed by atoms with Gasteiger partial charge in [0.05, 0.1) is 0 Å². The molecule has 128 valence electrons. The Morgan fingerprint density at radius 1 is 0.760 bits per heavy atom. The first-order chi connectivity index (χ1) is 12.1. The molecule has 1 atom stereocenters. The molecule has 1 nitrogen and oxygen atoms in total. The Labute approximate surface area is 151 Å². The monoisotopic (exact) mass is 330 g/mol. The molecule has 0 bridgehead atoms. The summed E-state index contributed by atoms with van der Waals surface area (Å²) in [5.74, 6) is 2.81. The zero-order chi connectivity index (χ0) is 17.4. The van der Waals surface area contributed by atoms with Gasteiger partial charge in [0.15, 0.2) is 0 Å². The van der Waals surface area contributed by atoms with Crippen molar-refractivity contribution in [3.05, 3.63) is 71.8 Å². The summed E-state index contributed by atoms with van der Waals surface area (Å²) in [5, 5.41) is 11.3. The van der Waals surface area contributed by atoms with Crippen LogP contribution in [-0.4, -0.2) is 10.7 Å². The molecule has 1 heteroatoms. The Hall–Kier alpha value is -2.04. The standard InChI is InChI=1S/C24H26O/c1-2-24(25)18-17-23(20-11-5-3-6-12-20,21-13-7-4-8-14-21)19-22(24)15-9-10-16-22/h1,3-8,11-14,25H,9-10,15-19H2/t24-/m1/s1. The van der Waals surface area contributed by atoms with Crippen LogP contribution in [-0.2, 0) is 5.41 Å². The van der Waals surface area contributed by atoms with E-state index >= 15 is 0 Å². The van der Waals surface area contributed by atoms with Crippen LogP contribution in [0.1, 0.15) is 56.1 Å². The Bertz CT molecular complexity index is 725. The van der Waals surface area contributed by atoms with Crippen molar-refractivity contribution < 1.29 is 5.11 Å². The maximum Gasteiger partial charge on any atom is 0.130 e. The van der Waals surface area contributed by atoms with E-state index in [4.69, 9.17) is 6.42 Å². The van der Waals surface area contributed by atoms with E-state index in [0.29, 0.717) is 6.42 Å². The molecule has 2 aromatic rings. The van der Waals surface area contributed by atoms with Crippen LogP contribution in [0.25, 0.3) is 0 Å². The summed E-state index contributed by atoms with van der Waals surface area (Å²) in [7, 11) is 0. The second-order valence-electron chi connectivity index (χ2n) is 7.98. The van der Waals surface area contributed by atoms with Gasteiger partial charge in [-0.3, -0.25) is 0 Å². The van der Waals surface area contributed by atoms with Gasteiger partial charge in [0.25, 0.3) is 0 Å². The van der Waals surface area contributed by atoms with Crippen molar-refractivity contribution in [2.24, 2.45) is 5.41 Å². The molecule has 4 rings (SSSR count). The molecule has 0 heterocycles. The molecule has 2 aliphatic rings. The minimum atomic E-state index is -0.962. The van der Waals surface area contributed by atoms with Crippen molar-refractivity contribution in [1.82, 2.24) is 0 Å². The van der Waals surface area contributed by atoms with Crippen LogP contribution in [0.5, 0.6) is 0 Å². The van der Waals surface area contributed by atoms with Gasteiger partial charge in [-0.1, -0.05) is 79.4 Å². The van der Waals surface area contributed by atoms with Crippen molar-refractivity contribution in [1.29, 1.82) is 0 Å². The largest absolute Gasteiger partial charge is 0.377 e. The van der Waals surface area contributed by atoms with Gasteiger partial charge >= 0.3 is 0 Å². The number of aliphatic hydroxyl groups is 1. The van der Waals surface area contributed by atoms with Crippen LogP contribution in [0.3, 0.4) is 0 Å². The highest BCUT2D eigenvalue weighted by molar-refractivity contribution is 5.42. The molecule has 1 N–H and O–H groups in total. The lowest BCUT2D eigenvalue weighted by Crippen LogP contribution is -2.55. The lowest BCUT2D eigenvalue weighted by atomic mass is 9.51. The Balaban J connectivity index is 1.88. The molecule has 0 unspecified atom stereocenters. The molecule has 2 aromatic carbocycles. The second-order valence-corrected chi connectivity index (χ2v) is 7.98. The van der Waals surface area contributed by atoms with Crippen LogP contribution < -0.4 is 0 Å². The molecule has 0 saturated heterocycles. The Morgan fingerprint density at radius 3 is 1.76 bits per heavy atom. The highest BCUT2D eigenvalue weighted by atomic mass is 16.3. The van der Waals surface area contributed by atoms with Gasteiger partial charge in [0, 0.05) is 10.8 Å². The van der Waals surface area contributed by atoms with Gasteiger partial charge < -0.3 is 5.11 Å². The molecule has 25 heavy (non-hydrogen) atoms. The van der Waals surface area contributed by atoms with Crippen LogP contribution in [0.15, 0.2) is 60.7 Å². The fraction of sp³-hybridized carbons (Fsp3) is 0.417. The third-order valence-corrected chi connectivity index (χ3v) is 6.88. The molecule has 0 aromatic heterocycles. The molecule has 2 saturated carbocycles. The summed E-state index contributed by atoms with van der Waals surface area (Å²) >= 11 is 0. The fourth-order valence-electron chi connectivity index (χ4n) is 5.51. The van der Waals surface area contributed by atoms with Crippen LogP contribution in [0.2, 0.25) is 0 Å². The van der Waals surface area contributed by atoms with Gasteiger partial charge in [0.2, 0.25) is 0 Å². The number of hydrogen-bond donors (Lipinski definition) is 1. The predicted octanol–water partition coefficient (Wildman–Crippen LogP) is 5.08. The van der Waals surface area contributed by atoms with Gasteiger partial charge in [-0.25, -0.2) is 0 Å². The number of benzene rings is 2. The summed E-state index contributed by atoms with van der Waals surface area (Å²) in [5.41, 5.74) is 1.52. The van der Waals surface area contributed by atoms with Crippen molar-refractivity contribution in [3.63, 3.8) is 0 Å². The summed E-state index contributed by atoms with van der Waals surface area (Å²) < 4.78 is 0. The molecular formula is C24H26O. The first-order valence-electron chi connectivity index (χ1n) is 9.45. The zero-order valence-electron chi connectivity index (χ0n) is 14.7. The average Bonchev–Trinajstić information content (AvgIpc) is 3.15. The minimum Gasteiger partial charge on any atom is -0.377 e. The lowest BCUT2D eigenvalue weighted by molar-refractivity contribution is -0.0840. The van der Waals surface area contributed by atoms with Crippen molar-refractivity contribution >= 4 is 0 Å². The third kappa shape index (κ3) is 2.43. The maximum atomic E-state index is 11.3. The van der Waals surface area contributed by atoms with Gasteiger partial charge in [-0.05, 0) is 43.2 Å². The molecular weight excluding hydrogens is 304 g/mol. The smallest absolute Gasteiger partial charge is 0.130 e. The van der Waals surface area contributed by atoms with Crippen LogP contribution in [0, 0.1) is 17.8 Å². The molecule has 2 fully saturated rings. The normalized spacial score (nSPS) is 27.0. The third-order valence-electron chi connectivity index (χ3n) is 6.88. The zero-order valence-corrected chi connectivity index (χ0v) is 14.7. The average molecular weight is 330 g/mol. The number of hydrogen-bond acceptors (Lipinski definition) is 1. The first kappa shape index (κ1) is 16.4. The molecule has 0 radical (unpaired) electrons. The van der Waals surface area contributed by atoms with Crippen LogP contribution >= 0.6 is 0 Å². The quantitative estimate of drug-likeness (QED) is 0.761. The summed E-state index contributed by atoms with van der Waals surface area (Å²) in [6, 6.07) is 21.7. The van der Waals surface area contributed by atoms with Gasteiger partial charge in [-0.15, -0.1) is 6.42 Å². The highest BCUT2D eigenvalue weighted by Crippen LogP contribution is 2.61. The topological polar surface area (TPSA) is 20.2 Å². The fourth-order valence-corrected chi connectivity index (χ4v) is 5.51.